The maximum absolute atomic E-state index is 11.7. The van der Waals surface area contributed by atoms with Crippen LogP contribution in [0.5, 0.6) is 0 Å². The van der Waals surface area contributed by atoms with Gasteiger partial charge in [-0.15, -0.1) is 0 Å². The van der Waals surface area contributed by atoms with Gasteiger partial charge in [-0.05, 0) is 39.5 Å². The third kappa shape index (κ3) is 15.5. The van der Waals surface area contributed by atoms with Crippen molar-refractivity contribution >= 4 is 6.09 Å². The van der Waals surface area contributed by atoms with Crippen LogP contribution in [0.2, 0.25) is 0 Å². The van der Waals surface area contributed by atoms with Crippen molar-refractivity contribution in [2.75, 3.05) is 72.6 Å². The molecule has 0 aromatic carbocycles. The van der Waals surface area contributed by atoms with Crippen LogP contribution in [0.15, 0.2) is 0 Å². The van der Waals surface area contributed by atoms with Gasteiger partial charge in [-0.25, -0.2) is 4.79 Å². The Morgan fingerprint density at radius 3 is 1.72 bits per heavy atom. The molecule has 0 saturated heterocycles. The number of carbonyl (C=O) groups is 1. The summed E-state index contributed by atoms with van der Waals surface area (Å²) in [5, 5.41) is 2.88. The molecule has 0 aromatic rings. The normalized spacial score (nSPS) is 19.0. The van der Waals surface area contributed by atoms with E-state index in [0.717, 1.165) is 12.8 Å². The van der Waals surface area contributed by atoms with Gasteiger partial charge in [-0.3, -0.25) is 0 Å². The molecule has 0 radical (unpaired) electrons. The van der Waals surface area contributed by atoms with Crippen LogP contribution < -0.4 is 11.1 Å². The number of nitrogens with two attached hydrogens (primary N) is 1. The van der Waals surface area contributed by atoms with Crippen LogP contribution in [0.1, 0.15) is 33.6 Å². The van der Waals surface area contributed by atoms with E-state index < -0.39 is 5.60 Å². The first kappa shape index (κ1) is 26.1. The van der Waals surface area contributed by atoms with Gasteiger partial charge in [0.2, 0.25) is 0 Å². The number of carbonyl (C=O) groups excluding carboxylic acids is 1. The molecule has 1 fully saturated rings. The lowest BCUT2D eigenvalue weighted by atomic mass is 9.81. The molecule has 0 spiro atoms. The lowest BCUT2D eigenvalue weighted by Gasteiger charge is -2.35. The van der Waals surface area contributed by atoms with Crippen molar-refractivity contribution in [3.8, 4) is 0 Å². The van der Waals surface area contributed by atoms with Gasteiger partial charge < -0.3 is 39.5 Å². The topological polar surface area (TPSA) is 111 Å². The molecule has 0 unspecified atom stereocenters. The summed E-state index contributed by atoms with van der Waals surface area (Å²) in [6, 6.07) is 0.189. The molecule has 0 bridgehead atoms. The monoisotopic (exact) mass is 420 g/mol. The lowest BCUT2D eigenvalue weighted by molar-refractivity contribution is -0.0182. The predicted molar refractivity (Wildman–Crippen MR) is 109 cm³/mol. The third-order valence-electron chi connectivity index (χ3n) is 4.06. The highest BCUT2D eigenvalue weighted by Crippen LogP contribution is 2.27. The summed E-state index contributed by atoms with van der Waals surface area (Å²) in [6.45, 7) is 11.7. The van der Waals surface area contributed by atoms with Gasteiger partial charge >= 0.3 is 6.09 Å². The zero-order chi connectivity index (χ0) is 21.4. The smallest absolute Gasteiger partial charge is 0.407 e. The molecule has 3 N–H and O–H groups in total. The fraction of sp³-hybridized carbons (Fsp3) is 0.950. The van der Waals surface area contributed by atoms with Crippen LogP contribution >= 0.6 is 0 Å². The van der Waals surface area contributed by atoms with Crippen LogP contribution in [-0.2, 0) is 28.4 Å². The molecule has 0 atom stereocenters. The molecule has 29 heavy (non-hydrogen) atoms. The van der Waals surface area contributed by atoms with Crippen LogP contribution in [0.4, 0.5) is 4.79 Å². The second-order valence-corrected chi connectivity index (χ2v) is 7.99. The van der Waals surface area contributed by atoms with Crippen molar-refractivity contribution in [1.82, 2.24) is 5.32 Å². The molecule has 9 nitrogen and oxygen atoms in total. The lowest BCUT2D eigenvalue weighted by Crippen LogP contribution is -2.47. The molecule has 1 aliphatic carbocycles. The van der Waals surface area contributed by atoms with E-state index >= 15 is 0 Å². The highest BCUT2D eigenvalue weighted by atomic mass is 16.6. The minimum Gasteiger partial charge on any atom is -0.444 e. The minimum atomic E-state index is -0.463. The van der Waals surface area contributed by atoms with E-state index in [1.54, 1.807) is 0 Å². The van der Waals surface area contributed by atoms with E-state index in [0.29, 0.717) is 78.5 Å². The Morgan fingerprint density at radius 2 is 1.28 bits per heavy atom. The summed E-state index contributed by atoms with van der Waals surface area (Å²) in [4.78, 5) is 11.7. The van der Waals surface area contributed by atoms with Crippen LogP contribution in [0.3, 0.4) is 0 Å². The molecule has 1 rings (SSSR count). The van der Waals surface area contributed by atoms with Gasteiger partial charge in [0.15, 0.2) is 0 Å². The van der Waals surface area contributed by atoms with Crippen molar-refractivity contribution in [3.05, 3.63) is 0 Å². The molecule has 1 saturated carbocycles. The Morgan fingerprint density at radius 1 is 0.828 bits per heavy atom. The van der Waals surface area contributed by atoms with Crippen molar-refractivity contribution < 1.29 is 33.2 Å². The molecule has 0 aliphatic heterocycles. The standard InChI is InChI=1S/C20H40N2O7/c1-20(2,3)29-19(23)22-18-14-17(15-18)16-28-13-12-27-11-10-26-9-8-25-7-6-24-5-4-21/h17-18H,4-16,21H2,1-3H3,(H,22,23)/t17-,18-. The Labute approximate surface area is 174 Å². The maximum atomic E-state index is 11.7. The summed E-state index contributed by atoms with van der Waals surface area (Å²) in [7, 11) is 0. The van der Waals surface area contributed by atoms with E-state index in [1.807, 2.05) is 20.8 Å². The fourth-order valence-corrected chi connectivity index (χ4v) is 2.68. The highest BCUT2D eigenvalue weighted by molar-refractivity contribution is 5.68. The second kappa shape index (κ2) is 15.8. The number of rotatable bonds is 17. The molecule has 1 amide bonds. The van der Waals surface area contributed by atoms with Crippen molar-refractivity contribution in [3.63, 3.8) is 0 Å². The zero-order valence-electron chi connectivity index (χ0n) is 18.3. The number of nitrogens with one attached hydrogen (secondary N) is 1. The molecular formula is C20H40N2O7. The average Bonchev–Trinajstić information content (AvgIpc) is 2.60. The molecule has 172 valence electrons. The largest absolute Gasteiger partial charge is 0.444 e. The van der Waals surface area contributed by atoms with Crippen LogP contribution in [0, 0.1) is 5.92 Å². The average molecular weight is 421 g/mol. The van der Waals surface area contributed by atoms with Crippen LogP contribution in [-0.4, -0.2) is 90.3 Å². The summed E-state index contributed by atoms with van der Waals surface area (Å²) in [5.41, 5.74) is 4.85. The maximum Gasteiger partial charge on any atom is 0.407 e. The first-order valence-corrected chi connectivity index (χ1v) is 10.5. The van der Waals surface area contributed by atoms with E-state index in [4.69, 9.17) is 34.2 Å². The summed E-state index contributed by atoms with van der Waals surface area (Å²) in [5.74, 6) is 0.485. The van der Waals surface area contributed by atoms with Gasteiger partial charge in [0.25, 0.3) is 0 Å². The van der Waals surface area contributed by atoms with Gasteiger partial charge in [0.1, 0.15) is 5.60 Å². The fourth-order valence-electron chi connectivity index (χ4n) is 2.68. The SMILES string of the molecule is CC(C)(C)OC(=O)N[C@H]1C[C@H](COCCOCCOCCOCCOCCN)C1. The quantitative estimate of drug-likeness (QED) is 0.339. The van der Waals surface area contributed by atoms with Crippen molar-refractivity contribution in [2.45, 2.75) is 45.3 Å². The number of ether oxygens (including phenoxy) is 6. The van der Waals surface area contributed by atoms with Gasteiger partial charge in [0, 0.05) is 19.2 Å². The van der Waals surface area contributed by atoms with E-state index in [-0.39, 0.29) is 12.1 Å². The molecule has 0 aromatic heterocycles. The first-order valence-electron chi connectivity index (χ1n) is 10.5. The Bertz CT molecular complexity index is 412. The molecular weight excluding hydrogens is 380 g/mol. The first-order chi connectivity index (χ1) is 13.9. The van der Waals surface area contributed by atoms with Gasteiger partial charge in [0.05, 0.1) is 59.5 Å². The minimum absolute atomic E-state index is 0.189. The van der Waals surface area contributed by atoms with E-state index in [2.05, 4.69) is 5.32 Å². The number of amides is 1. The third-order valence-corrected chi connectivity index (χ3v) is 4.06. The van der Waals surface area contributed by atoms with E-state index in [1.165, 1.54) is 0 Å². The van der Waals surface area contributed by atoms with Crippen molar-refractivity contribution in [1.29, 1.82) is 0 Å². The van der Waals surface area contributed by atoms with Crippen molar-refractivity contribution in [2.24, 2.45) is 11.7 Å². The molecule has 1 aliphatic rings. The van der Waals surface area contributed by atoms with Gasteiger partial charge in [-0.2, -0.15) is 0 Å². The zero-order valence-corrected chi connectivity index (χ0v) is 18.3. The Kier molecular flexibility index (Phi) is 14.2. The second-order valence-electron chi connectivity index (χ2n) is 7.99. The molecule has 9 heteroatoms. The highest BCUT2D eigenvalue weighted by Gasteiger charge is 2.31. The van der Waals surface area contributed by atoms with Gasteiger partial charge in [-0.1, -0.05) is 0 Å². The van der Waals surface area contributed by atoms with E-state index in [9.17, 15) is 4.79 Å². The number of hydrogen-bond acceptors (Lipinski definition) is 8. The van der Waals surface area contributed by atoms with Crippen LogP contribution in [0.25, 0.3) is 0 Å². The summed E-state index contributed by atoms with van der Waals surface area (Å²) < 4.78 is 32.3. The summed E-state index contributed by atoms with van der Waals surface area (Å²) in [6.07, 6.45) is 1.50. The predicted octanol–water partition coefficient (Wildman–Crippen LogP) is 1.33. The number of hydrogen-bond donors (Lipinski definition) is 2. The number of alkyl carbamates (subject to hydrolysis) is 1. The Balaban J connectivity index is 1.77. The Hall–Kier alpha value is -0.970. The summed E-state index contributed by atoms with van der Waals surface area (Å²) >= 11 is 0. The molecule has 0 heterocycles.